The number of hydrogen-bond acceptors (Lipinski definition) is 4. The molecule has 1 saturated heterocycles. The van der Waals surface area contributed by atoms with E-state index in [0.717, 1.165) is 0 Å². The Labute approximate surface area is 133 Å². The second-order valence-electron chi connectivity index (χ2n) is 5.44. The van der Waals surface area contributed by atoms with E-state index in [0.29, 0.717) is 23.4 Å². The Morgan fingerprint density at radius 3 is 2.83 bits per heavy atom. The van der Waals surface area contributed by atoms with E-state index in [1.807, 2.05) is 6.92 Å². The van der Waals surface area contributed by atoms with Crippen LogP contribution in [0.3, 0.4) is 0 Å². The third kappa shape index (κ3) is 2.65. The third-order valence-corrected chi connectivity index (χ3v) is 3.89. The molecule has 0 aliphatic carbocycles. The molecule has 23 heavy (non-hydrogen) atoms. The molecule has 1 amide bonds. The molecular weight excluding hydrogens is 297 g/mol. The number of carbonyl (C=O) groups is 1. The van der Waals surface area contributed by atoms with Gasteiger partial charge in [0.05, 0.1) is 11.3 Å². The number of guanidine groups is 1. The number of aromatic nitrogens is 2. The van der Waals surface area contributed by atoms with E-state index in [-0.39, 0.29) is 17.9 Å². The van der Waals surface area contributed by atoms with Gasteiger partial charge in [0.15, 0.2) is 0 Å². The van der Waals surface area contributed by atoms with E-state index < -0.39 is 5.95 Å². The molecule has 3 rings (SSSR count). The SMILES string of the molecule is C[C@H]1CC(=O)N(C)C(=N)N1c1ccnc(-c2cccnc2F)c1. The molecule has 0 bridgehead atoms. The number of nitrogens with one attached hydrogen (secondary N) is 1. The fraction of sp³-hybridized carbons (Fsp3) is 0.250. The molecule has 0 aromatic carbocycles. The van der Waals surface area contributed by atoms with Gasteiger partial charge in [-0.15, -0.1) is 0 Å². The first-order chi connectivity index (χ1) is 11.0. The number of amides is 1. The van der Waals surface area contributed by atoms with Gasteiger partial charge in [-0.25, -0.2) is 4.98 Å². The molecule has 1 fully saturated rings. The Hall–Kier alpha value is -2.83. The first-order valence-electron chi connectivity index (χ1n) is 7.20. The molecule has 0 unspecified atom stereocenters. The van der Waals surface area contributed by atoms with E-state index in [9.17, 15) is 9.18 Å². The van der Waals surface area contributed by atoms with Crippen LogP contribution in [-0.4, -0.2) is 39.8 Å². The molecule has 1 N–H and O–H groups in total. The van der Waals surface area contributed by atoms with Crippen molar-refractivity contribution < 1.29 is 9.18 Å². The van der Waals surface area contributed by atoms with Crippen LogP contribution in [0.5, 0.6) is 0 Å². The Balaban J connectivity index is 2.01. The smallest absolute Gasteiger partial charge is 0.231 e. The molecule has 0 radical (unpaired) electrons. The Kier molecular flexibility index (Phi) is 3.77. The van der Waals surface area contributed by atoms with Crippen LogP contribution in [0, 0.1) is 11.4 Å². The minimum Gasteiger partial charge on any atom is -0.309 e. The summed E-state index contributed by atoms with van der Waals surface area (Å²) in [5.74, 6) is -0.588. The Morgan fingerprint density at radius 1 is 1.30 bits per heavy atom. The van der Waals surface area contributed by atoms with Gasteiger partial charge in [-0.1, -0.05) is 0 Å². The van der Waals surface area contributed by atoms with Crippen molar-refractivity contribution in [3.05, 3.63) is 42.6 Å². The van der Waals surface area contributed by atoms with Crippen molar-refractivity contribution in [1.82, 2.24) is 14.9 Å². The van der Waals surface area contributed by atoms with Crippen molar-refractivity contribution >= 4 is 17.6 Å². The second kappa shape index (κ2) is 5.75. The van der Waals surface area contributed by atoms with E-state index in [1.165, 1.54) is 11.1 Å². The number of pyridine rings is 2. The fourth-order valence-electron chi connectivity index (χ4n) is 2.64. The summed E-state index contributed by atoms with van der Waals surface area (Å²) in [7, 11) is 1.58. The normalized spacial score (nSPS) is 18.5. The fourth-order valence-corrected chi connectivity index (χ4v) is 2.64. The summed E-state index contributed by atoms with van der Waals surface area (Å²) in [6.45, 7) is 1.88. The average Bonchev–Trinajstić information content (AvgIpc) is 2.53. The number of carbonyl (C=O) groups excluding carboxylic acids is 1. The number of anilines is 1. The summed E-state index contributed by atoms with van der Waals surface area (Å²) >= 11 is 0. The lowest BCUT2D eigenvalue weighted by Gasteiger charge is -2.39. The van der Waals surface area contributed by atoms with Crippen LogP contribution in [0.4, 0.5) is 10.1 Å². The number of rotatable bonds is 2. The lowest BCUT2D eigenvalue weighted by Crippen LogP contribution is -2.55. The van der Waals surface area contributed by atoms with Gasteiger partial charge in [-0.3, -0.25) is 20.1 Å². The standard InChI is InChI=1S/C16H16FN5O/c1-10-8-14(23)21(2)16(18)22(10)11-5-7-19-13(9-11)12-4-3-6-20-15(12)17/h3-7,9-10,18H,8H2,1-2H3/t10-/m0/s1. The van der Waals surface area contributed by atoms with Crippen molar-refractivity contribution in [2.75, 3.05) is 11.9 Å². The topological polar surface area (TPSA) is 73.2 Å². The summed E-state index contributed by atoms with van der Waals surface area (Å²) in [6.07, 6.45) is 3.26. The highest BCUT2D eigenvalue weighted by Crippen LogP contribution is 2.28. The van der Waals surface area contributed by atoms with Gasteiger partial charge in [0, 0.05) is 37.6 Å². The lowest BCUT2D eigenvalue weighted by atomic mass is 10.1. The Morgan fingerprint density at radius 2 is 2.09 bits per heavy atom. The summed E-state index contributed by atoms with van der Waals surface area (Å²) in [4.78, 5) is 22.7. The summed E-state index contributed by atoms with van der Waals surface area (Å²) in [5, 5.41) is 8.19. The van der Waals surface area contributed by atoms with Crippen molar-refractivity contribution in [3.8, 4) is 11.3 Å². The molecular formula is C16H16FN5O. The highest BCUT2D eigenvalue weighted by Gasteiger charge is 2.32. The number of hydrogen-bond donors (Lipinski definition) is 1. The highest BCUT2D eigenvalue weighted by atomic mass is 19.1. The quantitative estimate of drug-likeness (QED) is 0.863. The van der Waals surface area contributed by atoms with Crippen molar-refractivity contribution in [1.29, 1.82) is 5.41 Å². The van der Waals surface area contributed by atoms with Gasteiger partial charge >= 0.3 is 0 Å². The first kappa shape index (κ1) is 15.1. The van der Waals surface area contributed by atoms with E-state index >= 15 is 0 Å². The first-order valence-corrected chi connectivity index (χ1v) is 7.20. The van der Waals surface area contributed by atoms with Crippen LogP contribution in [0.1, 0.15) is 13.3 Å². The van der Waals surface area contributed by atoms with Crippen molar-refractivity contribution in [3.63, 3.8) is 0 Å². The van der Waals surface area contributed by atoms with E-state index in [4.69, 9.17) is 5.41 Å². The molecule has 6 nitrogen and oxygen atoms in total. The van der Waals surface area contributed by atoms with Crippen LogP contribution >= 0.6 is 0 Å². The Bertz CT molecular complexity index is 779. The zero-order valence-corrected chi connectivity index (χ0v) is 12.8. The van der Waals surface area contributed by atoms with Gasteiger partial charge in [-0.05, 0) is 31.2 Å². The molecule has 0 saturated carbocycles. The average molecular weight is 313 g/mol. The predicted octanol–water partition coefficient (Wildman–Crippen LogP) is 2.27. The molecule has 2 aromatic rings. The van der Waals surface area contributed by atoms with Crippen LogP contribution in [0.25, 0.3) is 11.3 Å². The molecule has 118 valence electrons. The zero-order chi connectivity index (χ0) is 16.6. The summed E-state index contributed by atoms with van der Waals surface area (Å²) in [5.41, 5.74) is 1.43. The molecule has 0 spiro atoms. The number of nitrogens with zero attached hydrogens (tertiary/aromatic N) is 4. The van der Waals surface area contributed by atoms with Crippen molar-refractivity contribution in [2.45, 2.75) is 19.4 Å². The van der Waals surface area contributed by atoms with Gasteiger partial charge in [0.25, 0.3) is 0 Å². The molecule has 1 aliphatic rings. The highest BCUT2D eigenvalue weighted by molar-refractivity contribution is 6.07. The minimum atomic E-state index is -0.591. The van der Waals surface area contributed by atoms with Gasteiger partial charge in [0.2, 0.25) is 17.8 Å². The minimum absolute atomic E-state index is 0.0914. The summed E-state index contributed by atoms with van der Waals surface area (Å²) in [6, 6.07) is 6.54. The monoisotopic (exact) mass is 313 g/mol. The van der Waals surface area contributed by atoms with Gasteiger partial charge in [0.1, 0.15) is 0 Å². The van der Waals surface area contributed by atoms with Crippen LogP contribution < -0.4 is 4.90 Å². The predicted molar refractivity (Wildman–Crippen MR) is 84.5 cm³/mol. The molecule has 1 atom stereocenters. The largest absolute Gasteiger partial charge is 0.309 e. The zero-order valence-electron chi connectivity index (χ0n) is 12.8. The number of halogens is 1. The van der Waals surface area contributed by atoms with Crippen LogP contribution in [0.15, 0.2) is 36.7 Å². The van der Waals surface area contributed by atoms with Crippen LogP contribution in [-0.2, 0) is 4.79 Å². The molecule has 1 aliphatic heterocycles. The van der Waals surface area contributed by atoms with Gasteiger partial charge < -0.3 is 4.90 Å². The van der Waals surface area contributed by atoms with Crippen LogP contribution in [0.2, 0.25) is 0 Å². The van der Waals surface area contributed by atoms with E-state index in [2.05, 4.69) is 9.97 Å². The third-order valence-electron chi connectivity index (χ3n) is 3.89. The van der Waals surface area contributed by atoms with Crippen molar-refractivity contribution in [2.24, 2.45) is 0 Å². The van der Waals surface area contributed by atoms with Gasteiger partial charge in [-0.2, -0.15) is 4.39 Å². The maximum atomic E-state index is 13.9. The molecule has 3 heterocycles. The maximum Gasteiger partial charge on any atom is 0.231 e. The molecule has 2 aromatic heterocycles. The lowest BCUT2D eigenvalue weighted by molar-refractivity contribution is -0.127. The second-order valence-corrected chi connectivity index (χ2v) is 5.44. The van der Waals surface area contributed by atoms with E-state index in [1.54, 1.807) is 42.4 Å². The maximum absolute atomic E-state index is 13.9. The molecule has 7 heteroatoms. The summed E-state index contributed by atoms with van der Waals surface area (Å²) < 4.78 is 13.9.